The van der Waals surface area contributed by atoms with Crippen LogP contribution in [0.25, 0.3) is 0 Å². The van der Waals surface area contributed by atoms with Crippen molar-refractivity contribution in [3.63, 3.8) is 0 Å². The zero-order chi connectivity index (χ0) is 6.95. The summed E-state index contributed by atoms with van der Waals surface area (Å²) in [5, 5.41) is 0. The number of allylic oxidation sites excluding steroid dienone is 2. The zero-order valence-electron chi connectivity index (χ0n) is 4.89. The van der Waals surface area contributed by atoms with E-state index in [4.69, 9.17) is 23.2 Å². The van der Waals surface area contributed by atoms with Crippen LogP contribution in [0.1, 0.15) is 0 Å². The maximum atomic E-state index is 5.39. The summed E-state index contributed by atoms with van der Waals surface area (Å²) in [4.78, 5) is 4.14. The van der Waals surface area contributed by atoms with Crippen molar-refractivity contribution in [3.8, 4) is 0 Å². The van der Waals surface area contributed by atoms with Crippen molar-refractivity contribution in [3.05, 3.63) is 22.1 Å². The van der Waals surface area contributed by atoms with E-state index < -0.39 is 0 Å². The number of hydrogen-bond acceptors (Lipinski definition) is 0. The van der Waals surface area contributed by atoms with Crippen molar-refractivity contribution >= 4 is 38.2 Å². The summed E-state index contributed by atoms with van der Waals surface area (Å²) in [5.41, 5.74) is 0. The molecule has 0 aromatic rings. The van der Waals surface area contributed by atoms with Crippen LogP contribution >= 0.6 is 23.2 Å². The molecular formula is C6H8Cl2Se. The molecule has 0 N–H and O–H groups in total. The standard InChI is InChI=1S/C6H8Cl2Se/c7-3-1-5-9-6-2-4-8/h1-2,5-6H,3-4H2. The molecule has 0 rings (SSSR count). The van der Waals surface area contributed by atoms with Gasteiger partial charge in [-0.15, -0.1) is 0 Å². The molecule has 0 unspecified atom stereocenters. The summed E-state index contributed by atoms with van der Waals surface area (Å²) in [6.07, 6.45) is 3.89. The second-order valence-electron chi connectivity index (χ2n) is 1.19. The second-order valence-corrected chi connectivity index (χ2v) is 3.52. The van der Waals surface area contributed by atoms with Crippen LogP contribution in [0.5, 0.6) is 0 Å². The van der Waals surface area contributed by atoms with E-state index in [9.17, 15) is 0 Å². The fourth-order valence-electron chi connectivity index (χ4n) is 0.229. The van der Waals surface area contributed by atoms with Gasteiger partial charge in [0.15, 0.2) is 0 Å². The van der Waals surface area contributed by atoms with Crippen molar-refractivity contribution in [1.82, 2.24) is 0 Å². The molecule has 0 aliphatic heterocycles. The molecule has 52 valence electrons. The Labute approximate surface area is 72.1 Å². The fraction of sp³-hybridized carbons (Fsp3) is 0.333. The van der Waals surface area contributed by atoms with Crippen LogP contribution in [-0.4, -0.2) is 26.7 Å². The first-order valence-corrected chi connectivity index (χ1v) is 5.54. The van der Waals surface area contributed by atoms with Gasteiger partial charge in [-0.05, 0) is 0 Å². The topological polar surface area (TPSA) is 0 Å². The third-order valence-corrected chi connectivity index (χ3v) is 2.35. The predicted molar refractivity (Wildman–Crippen MR) is 45.5 cm³/mol. The molecule has 0 aliphatic rings. The van der Waals surface area contributed by atoms with Crippen LogP contribution in [-0.2, 0) is 0 Å². The van der Waals surface area contributed by atoms with Gasteiger partial charge in [0.25, 0.3) is 0 Å². The van der Waals surface area contributed by atoms with E-state index in [1.165, 1.54) is 0 Å². The fourth-order valence-corrected chi connectivity index (χ4v) is 1.95. The van der Waals surface area contributed by atoms with Crippen LogP contribution in [0, 0.1) is 0 Å². The molecule has 0 aliphatic carbocycles. The first-order valence-electron chi connectivity index (χ1n) is 2.49. The molecule has 0 saturated heterocycles. The van der Waals surface area contributed by atoms with Gasteiger partial charge in [-0.3, -0.25) is 0 Å². The number of halogens is 2. The molecule has 9 heavy (non-hydrogen) atoms. The third-order valence-electron chi connectivity index (χ3n) is 0.528. The van der Waals surface area contributed by atoms with Gasteiger partial charge in [-0.1, -0.05) is 0 Å². The molecule has 3 heteroatoms. The van der Waals surface area contributed by atoms with Gasteiger partial charge in [0.05, 0.1) is 0 Å². The predicted octanol–water partition coefficient (Wildman–Crippen LogP) is 2.20. The van der Waals surface area contributed by atoms with Crippen LogP contribution in [0.2, 0.25) is 0 Å². The Morgan fingerprint density at radius 3 is 1.78 bits per heavy atom. The Balaban J connectivity index is 3.08. The molecule has 0 heterocycles. The summed E-state index contributed by atoms with van der Waals surface area (Å²) in [6.45, 7) is 0. The van der Waals surface area contributed by atoms with Crippen LogP contribution in [0.3, 0.4) is 0 Å². The maximum absolute atomic E-state index is 5.39. The Morgan fingerprint density at radius 1 is 1.00 bits per heavy atom. The summed E-state index contributed by atoms with van der Waals surface area (Å²) in [7, 11) is 0. The van der Waals surface area contributed by atoms with Gasteiger partial charge >= 0.3 is 72.0 Å². The first-order chi connectivity index (χ1) is 4.41. The Kier molecular flexibility index (Phi) is 9.13. The van der Waals surface area contributed by atoms with Crippen molar-refractivity contribution in [2.24, 2.45) is 0 Å². The van der Waals surface area contributed by atoms with Crippen molar-refractivity contribution in [2.45, 2.75) is 0 Å². The molecule has 0 nitrogen and oxygen atoms in total. The van der Waals surface area contributed by atoms with Crippen molar-refractivity contribution in [1.29, 1.82) is 0 Å². The molecular weight excluding hydrogens is 222 g/mol. The van der Waals surface area contributed by atoms with Crippen LogP contribution in [0.4, 0.5) is 0 Å². The second kappa shape index (κ2) is 8.58. The normalized spacial score (nSPS) is 11.8. The molecule has 0 atom stereocenters. The monoisotopic (exact) mass is 230 g/mol. The molecule has 0 bridgehead atoms. The molecule has 0 aromatic heterocycles. The average Bonchev–Trinajstić information content (AvgIpc) is 1.89. The Hall–Kier alpha value is 0.579. The van der Waals surface area contributed by atoms with Gasteiger partial charge in [0, 0.05) is 0 Å². The van der Waals surface area contributed by atoms with Gasteiger partial charge in [0.2, 0.25) is 0 Å². The summed E-state index contributed by atoms with van der Waals surface area (Å²) >= 11 is 11.2. The van der Waals surface area contributed by atoms with E-state index in [0.29, 0.717) is 26.7 Å². The number of alkyl halides is 2. The van der Waals surface area contributed by atoms with E-state index in [1.807, 2.05) is 12.2 Å². The van der Waals surface area contributed by atoms with E-state index >= 15 is 0 Å². The van der Waals surface area contributed by atoms with E-state index in [0.717, 1.165) is 0 Å². The first kappa shape index (κ1) is 9.58. The van der Waals surface area contributed by atoms with E-state index in [-0.39, 0.29) is 0 Å². The van der Waals surface area contributed by atoms with E-state index in [2.05, 4.69) is 9.95 Å². The zero-order valence-corrected chi connectivity index (χ0v) is 8.11. The molecule has 0 saturated carbocycles. The van der Waals surface area contributed by atoms with Crippen molar-refractivity contribution in [2.75, 3.05) is 11.8 Å². The molecule has 0 aromatic carbocycles. The molecule has 0 spiro atoms. The molecule has 0 radical (unpaired) electrons. The van der Waals surface area contributed by atoms with Gasteiger partial charge in [-0.25, -0.2) is 0 Å². The third kappa shape index (κ3) is 8.58. The summed E-state index contributed by atoms with van der Waals surface area (Å²) < 4.78 is 0. The summed E-state index contributed by atoms with van der Waals surface area (Å²) in [6, 6.07) is 0. The minimum atomic E-state index is 0.448. The molecule has 0 fully saturated rings. The van der Waals surface area contributed by atoms with Gasteiger partial charge < -0.3 is 0 Å². The number of rotatable bonds is 4. The minimum absolute atomic E-state index is 0.448. The van der Waals surface area contributed by atoms with Gasteiger partial charge in [-0.2, -0.15) is 0 Å². The van der Waals surface area contributed by atoms with Gasteiger partial charge in [0.1, 0.15) is 0 Å². The van der Waals surface area contributed by atoms with Crippen LogP contribution < -0.4 is 0 Å². The SMILES string of the molecule is ClCC=C[Se]C=CCCl. The average molecular weight is 230 g/mol. The summed E-state index contributed by atoms with van der Waals surface area (Å²) in [5.74, 6) is 1.22. The molecule has 0 amide bonds. The van der Waals surface area contributed by atoms with Crippen molar-refractivity contribution < 1.29 is 0 Å². The quantitative estimate of drug-likeness (QED) is 0.513. The number of hydrogen-bond donors (Lipinski definition) is 0. The van der Waals surface area contributed by atoms with E-state index in [1.54, 1.807) is 0 Å². The van der Waals surface area contributed by atoms with Crippen LogP contribution in [0.15, 0.2) is 22.1 Å². The Bertz CT molecular complexity index is 87.2. The Morgan fingerprint density at radius 2 is 1.44 bits per heavy atom.